The Morgan fingerprint density at radius 1 is 1.00 bits per heavy atom. The van der Waals surface area contributed by atoms with Gasteiger partial charge in [-0.3, -0.25) is 9.59 Å². The Hall–Kier alpha value is -1.10. The number of rotatable bonds is 3. The maximum absolute atomic E-state index is 11.9. The van der Waals surface area contributed by atoms with Gasteiger partial charge < -0.3 is 14.8 Å². The highest BCUT2D eigenvalue weighted by molar-refractivity contribution is 5.77. The lowest BCUT2D eigenvalue weighted by Crippen LogP contribution is -2.41. The van der Waals surface area contributed by atoms with Crippen molar-refractivity contribution in [1.29, 1.82) is 0 Å². The molecule has 1 saturated heterocycles. The molecule has 1 aliphatic heterocycles. The van der Waals surface area contributed by atoms with Gasteiger partial charge in [0.25, 0.3) is 0 Å². The van der Waals surface area contributed by atoms with Gasteiger partial charge in [-0.05, 0) is 54.4 Å². The third-order valence-electron chi connectivity index (χ3n) is 2.77. The van der Waals surface area contributed by atoms with Gasteiger partial charge in [-0.1, -0.05) is 0 Å². The third kappa shape index (κ3) is 6.37. The second-order valence-electron chi connectivity index (χ2n) is 7.32. The van der Waals surface area contributed by atoms with Crippen LogP contribution in [-0.4, -0.2) is 35.2 Å². The number of ether oxygens (including phenoxy) is 2. The molecule has 5 nitrogen and oxygen atoms in total. The van der Waals surface area contributed by atoms with Crippen LogP contribution in [0.5, 0.6) is 0 Å². The first-order chi connectivity index (χ1) is 8.96. The smallest absolute Gasteiger partial charge is 0.323 e. The molecule has 0 amide bonds. The predicted molar refractivity (Wildman–Crippen MR) is 76.3 cm³/mol. The Morgan fingerprint density at radius 2 is 1.55 bits per heavy atom. The molecule has 0 aromatic rings. The Kier molecular flexibility index (Phi) is 5.19. The van der Waals surface area contributed by atoms with Gasteiger partial charge in [-0.25, -0.2) is 0 Å². The van der Waals surface area contributed by atoms with E-state index in [1.54, 1.807) is 0 Å². The van der Waals surface area contributed by atoms with Gasteiger partial charge in [0.1, 0.15) is 17.2 Å². The lowest BCUT2D eigenvalue weighted by atomic mass is 10.1. The van der Waals surface area contributed by atoms with Gasteiger partial charge in [0, 0.05) is 6.04 Å². The maximum Gasteiger partial charge on any atom is 0.323 e. The van der Waals surface area contributed by atoms with Crippen LogP contribution >= 0.6 is 0 Å². The molecule has 1 heterocycles. The summed E-state index contributed by atoms with van der Waals surface area (Å²) in [7, 11) is 0. The maximum atomic E-state index is 11.9. The van der Waals surface area contributed by atoms with Gasteiger partial charge >= 0.3 is 11.9 Å². The quantitative estimate of drug-likeness (QED) is 0.805. The molecule has 0 spiro atoms. The van der Waals surface area contributed by atoms with E-state index in [-0.39, 0.29) is 30.4 Å². The molecule has 1 aliphatic rings. The standard InChI is InChI=1S/C15H27NO4/c1-14(2,3)19-12(17)9-10-7-8-11(16-10)13(18)20-15(4,5)6/h10-11,16H,7-9H2,1-6H3/t10-,11-/m0/s1. The van der Waals surface area contributed by atoms with Crippen molar-refractivity contribution >= 4 is 11.9 Å². The number of esters is 2. The van der Waals surface area contributed by atoms with Gasteiger partial charge in [-0.2, -0.15) is 0 Å². The zero-order valence-electron chi connectivity index (χ0n) is 13.4. The summed E-state index contributed by atoms with van der Waals surface area (Å²) in [6, 6.07) is -0.330. The minimum absolute atomic E-state index is 0.0117. The molecule has 0 radical (unpaired) electrons. The normalized spacial score (nSPS) is 23.5. The molecule has 2 atom stereocenters. The van der Waals surface area contributed by atoms with Crippen LogP contribution in [-0.2, 0) is 19.1 Å². The molecule has 0 aromatic carbocycles. The number of hydrogen-bond acceptors (Lipinski definition) is 5. The molecular formula is C15H27NO4. The molecule has 0 aliphatic carbocycles. The van der Waals surface area contributed by atoms with E-state index in [2.05, 4.69) is 5.32 Å². The summed E-state index contributed by atoms with van der Waals surface area (Å²) in [4.78, 5) is 23.7. The Balaban J connectivity index is 2.40. The molecular weight excluding hydrogens is 258 g/mol. The van der Waals surface area contributed by atoms with Crippen LogP contribution in [0.25, 0.3) is 0 Å². The molecule has 0 bridgehead atoms. The highest BCUT2D eigenvalue weighted by atomic mass is 16.6. The van der Waals surface area contributed by atoms with Crippen molar-refractivity contribution in [3.63, 3.8) is 0 Å². The fourth-order valence-electron chi connectivity index (χ4n) is 2.12. The van der Waals surface area contributed by atoms with Crippen LogP contribution in [0, 0.1) is 0 Å². The van der Waals surface area contributed by atoms with Crippen molar-refractivity contribution in [2.24, 2.45) is 0 Å². The van der Waals surface area contributed by atoms with Crippen molar-refractivity contribution < 1.29 is 19.1 Å². The van der Waals surface area contributed by atoms with E-state index in [0.29, 0.717) is 6.42 Å². The second kappa shape index (κ2) is 6.12. The van der Waals surface area contributed by atoms with Crippen molar-refractivity contribution in [1.82, 2.24) is 5.32 Å². The molecule has 116 valence electrons. The van der Waals surface area contributed by atoms with Gasteiger partial charge in [0.15, 0.2) is 0 Å². The average Bonchev–Trinajstić information content (AvgIpc) is 2.59. The van der Waals surface area contributed by atoms with E-state index >= 15 is 0 Å². The van der Waals surface area contributed by atoms with Gasteiger partial charge in [0.05, 0.1) is 6.42 Å². The topological polar surface area (TPSA) is 64.6 Å². The number of carbonyl (C=O) groups is 2. The molecule has 20 heavy (non-hydrogen) atoms. The monoisotopic (exact) mass is 285 g/mol. The minimum Gasteiger partial charge on any atom is -0.460 e. The molecule has 1 N–H and O–H groups in total. The van der Waals surface area contributed by atoms with Crippen LogP contribution in [0.2, 0.25) is 0 Å². The van der Waals surface area contributed by atoms with Crippen LogP contribution in [0.15, 0.2) is 0 Å². The largest absolute Gasteiger partial charge is 0.460 e. The summed E-state index contributed by atoms with van der Waals surface area (Å²) in [6.07, 6.45) is 1.77. The zero-order chi connectivity index (χ0) is 15.6. The molecule has 5 heteroatoms. The average molecular weight is 285 g/mol. The van der Waals surface area contributed by atoms with Crippen LogP contribution in [0.4, 0.5) is 0 Å². The van der Waals surface area contributed by atoms with Crippen molar-refractivity contribution in [2.45, 2.75) is 84.1 Å². The summed E-state index contributed by atoms with van der Waals surface area (Å²) in [6.45, 7) is 11.1. The van der Waals surface area contributed by atoms with E-state index in [0.717, 1.165) is 6.42 Å². The Morgan fingerprint density at radius 3 is 2.05 bits per heavy atom. The van der Waals surface area contributed by atoms with E-state index in [9.17, 15) is 9.59 Å². The highest BCUT2D eigenvalue weighted by Crippen LogP contribution is 2.20. The first-order valence-corrected chi connectivity index (χ1v) is 7.17. The lowest BCUT2D eigenvalue weighted by molar-refractivity contribution is -0.158. The lowest BCUT2D eigenvalue weighted by Gasteiger charge is -2.23. The van der Waals surface area contributed by atoms with Gasteiger partial charge in [0.2, 0.25) is 0 Å². The van der Waals surface area contributed by atoms with Crippen molar-refractivity contribution in [3.8, 4) is 0 Å². The van der Waals surface area contributed by atoms with E-state index in [4.69, 9.17) is 9.47 Å². The number of carbonyl (C=O) groups excluding carboxylic acids is 2. The fourth-order valence-corrected chi connectivity index (χ4v) is 2.12. The first kappa shape index (κ1) is 17.0. The van der Waals surface area contributed by atoms with Crippen LogP contribution < -0.4 is 5.32 Å². The van der Waals surface area contributed by atoms with Crippen molar-refractivity contribution in [2.75, 3.05) is 0 Å². The number of nitrogens with one attached hydrogen (secondary N) is 1. The van der Waals surface area contributed by atoms with Crippen LogP contribution in [0.3, 0.4) is 0 Å². The molecule has 1 rings (SSSR count). The molecule has 0 unspecified atom stereocenters. The van der Waals surface area contributed by atoms with E-state index in [1.807, 2.05) is 41.5 Å². The van der Waals surface area contributed by atoms with E-state index in [1.165, 1.54) is 0 Å². The van der Waals surface area contributed by atoms with E-state index < -0.39 is 11.2 Å². The second-order valence-corrected chi connectivity index (χ2v) is 7.32. The third-order valence-corrected chi connectivity index (χ3v) is 2.77. The van der Waals surface area contributed by atoms with Gasteiger partial charge in [-0.15, -0.1) is 0 Å². The fraction of sp³-hybridized carbons (Fsp3) is 0.867. The summed E-state index contributed by atoms with van der Waals surface area (Å²) < 4.78 is 10.6. The first-order valence-electron chi connectivity index (χ1n) is 7.17. The van der Waals surface area contributed by atoms with Crippen LogP contribution in [0.1, 0.15) is 60.8 Å². The summed E-state index contributed by atoms with van der Waals surface area (Å²) in [5.41, 5.74) is -0.956. The molecule has 0 saturated carbocycles. The summed E-state index contributed by atoms with van der Waals surface area (Å²) in [5.74, 6) is -0.482. The number of hydrogen-bond donors (Lipinski definition) is 1. The van der Waals surface area contributed by atoms with Crippen molar-refractivity contribution in [3.05, 3.63) is 0 Å². The SMILES string of the molecule is CC(C)(C)OC(=O)C[C@@H]1CC[C@@H](C(=O)OC(C)(C)C)N1. The Bertz CT molecular complexity index is 365. The zero-order valence-corrected chi connectivity index (χ0v) is 13.4. The minimum atomic E-state index is -0.484. The summed E-state index contributed by atoms with van der Waals surface area (Å²) in [5, 5.41) is 3.15. The Labute approximate surface area is 121 Å². The highest BCUT2D eigenvalue weighted by Gasteiger charge is 2.33. The predicted octanol–water partition coefficient (Wildman–Crippen LogP) is 2.18. The molecule has 0 aromatic heterocycles. The molecule has 1 fully saturated rings. The summed E-state index contributed by atoms with van der Waals surface area (Å²) >= 11 is 0.